The largest absolute Gasteiger partial charge is 0.472 e. The number of unbranched alkanes of at least 4 members (excludes halogenated alkanes) is 25. The van der Waals surface area contributed by atoms with Crippen LogP contribution in [0.25, 0.3) is 0 Å². The molecule has 8 nitrogen and oxygen atoms in total. The number of phosphoric acid groups is 1. The lowest BCUT2D eigenvalue weighted by molar-refractivity contribution is -0.154. The molecular formula is C52H96NO7P. The van der Waals surface area contributed by atoms with Gasteiger partial charge in [-0.15, -0.1) is 0 Å². The Morgan fingerprint density at radius 2 is 0.869 bits per heavy atom. The lowest BCUT2D eigenvalue weighted by Gasteiger charge is -2.20. The van der Waals surface area contributed by atoms with Gasteiger partial charge >= 0.3 is 13.8 Å². The first-order chi connectivity index (χ1) is 29.9. The molecule has 0 saturated heterocycles. The first kappa shape index (κ1) is 59.2. The second-order valence-electron chi connectivity index (χ2n) is 16.7. The molecule has 0 aromatic carbocycles. The Hall–Kier alpha value is -1.80. The fourth-order valence-electron chi connectivity index (χ4n) is 6.92. The van der Waals surface area contributed by atoms with Gasteiger partial charge in [0.1, 0.15) is 6.10 Å². The Morgan fingerprint density at radius 3 is 1.31 bits per heavy atom. The molecule has 0 amide bonds. The topological polar surface area (TPSA) is 117 Å². The van der Waals surface area contributed by atoms with Crippen LogP contribution < -0.4 is 5.73 Å². The maximum absolute atomic E-state index is 12.7. The van der Waals surface area contributed by atoms with Crippen molar-refractivity contribution in [3.05, 3.63) is 60.8 Å². The molecule has 0 spiro atoms. The number of esters is 1. The van der Waals surface area contributed by atoms with Gasteiger partial charge in [0.15, 0.2) is 0 Å². The highest BCUT2D eigenvalue weighted by molar-refractivity contribution is 7.47. The van der Waals surface area contributed by atoms with Crippen LogP contribution in [0.15, 0.2) is 60.8 Å². The average molecular weight is 878 g/mol. The van der Waals surface area contributed by atoms with Gasteiger partial charge < -0.3 is 20.1 Å². The molecule has 2 unspecified atom stereocenters. The summed E-state index contributed by atoms with van der Waals surface area (Å²) >= 11 is 0. The lowest BCUT2D eigenvalue weighted by atomic mass is 10.1. The van der Waals surface area contributed by atoms with Gasteiger partial charge in [0.2, 0.25) is 0 Å². The zero-order chi connectivity index (χ0) is 44.4. The van der Waals surface area contributed by atoms with E-state index in [0.717, 1.165) is 57.8 Å². The average Bonchev–Trinajstić information content (AvgIpc) is 3.25. The van der Waals surface area contributed by atoms with Crippen LogP contribution in [0.4, 0.5) is 0 Å². The Labute approximate surface area is 376 Å². The van der Waals surface area contributed by atoms with Crippen molar-refractivity contribution >= 4 is 13.8 Å². The zero-order valence-corrected chi connectivity index (χ0v) is 40.5. The van der Waals surface area contributed by atoms with Crippen LogP contribution in [-0.4, -0.2) is 49.9 Å². The molecule has 9 heteroatoms. The maximum atomic E-state index is 12.7. The van der Waals surface area contributed by atoms with E-state index in [9.17, 15) is 14.3 Å². The number of phosphoric ester groups is 1. The summed E-state index contributed by atoms with van der Waals surface area (Å²) in [5.74, 6) is -0.339. The highest BCUT2D eigenvalue weighted by Crippen LogP contribution is 2.43. The van der Waals surface area contributed by atoms with Gasteiger partial charge in [0, 0.05) is 19.6 Å². The number of carbonyl (C=O) groups is 1. The second kappa shape index (κ2) is 49.2. The molecular weight excluding hydrogens is 782 g/mol. The van der Waals surface area contributed by atoms with Crippen LogP contribution in [0.2, 0.25) is 0 Å². The number of allylic oxidation sites excluding steroid dienone is 10. The first-order valence-corrected chi connectivity index (χ1v) is 26.8. The molecule has 356 valence electrons. The molecule has 0 aliphatic heterocycles. The molecule has 2 atom stereocenters. The fraction of sp³-hybridized carbons (Fsp3) is 0.788. The quantitative estimate of drug-likeness (QED) is 0.0269. The van der Waals surface area contributed by atoms with E-state index in [-0.39, 0.29) is 32.3 Å². The first-order valence-electron chi connectivity index (χ1n) is 25.3. The predicted molar refractivity (Wildman–Crippen MR) is 261 cm³/mol. The minimum Gasteiger partial charge on any atom is -0.457 e. The van der Waals surface area contributed by atoms with Crippen molar-refractivity contribution in [2.75, 3.05) is 33.0 Å². The van der Waals surface area contributed by atoms with Gasteiger partial charge in [-0.25, -0.2) is 4.57 Å². The SMILES string of the molecule is CCCCCC/C=C\C/C=C\CCCCCCCCCCOCC(COP(=O)(O)OCCN)OC(=O)CCCCCCCCCC/C=C\C/C=C\C/C=C\CCCCCCC. The molecule has 0 fully saturated rings. The van der Waals surface area contributed by atoms with Crippen molar-refractivity contribution < 1.29 is 32.8 Å². The van der Waals surface area contributed by atoms with Gasteiger partial charge in [-0.2, -0.15) is 0 Å². The molecule has 0 aromatic rings. The van der Waals surface area contributed by atoms with Crippen molar-refractivity contribution in [2.45, 2.75) is 232 Å². The third-order valence-electron chi connectivity index (χ3n) is 10.7. The molecule has 0 aromatic heterocycles. The second-order valence-corrected chi connectivity index (χ2v) is 18.1. The highest BCUT2D eigenvalue weighted by atomic mass is 31.2. The molecule has 0 radical (unpaired) electrons. The van der Waals surface area contributed by atoms with E-state index in [2.05, 4.69) is 74.6 Å². The molecule has 0 bridgehead atoms. The van der Waals surface area contributed by atoms with Crippen LogP contribution >= 0.6 is 7.82 Å². The molecule has 3 N–H and O–H groups in total. The van der Waals surface area contributed by atoms with Crippen LogP contribution in [0.3, 0.4) is 0 Å². The highest BCUT2D eigenvalue weighted by Gasteiger charge is 2.25. The number of hydrogen-bond donors (Lipinski definition) is 2. The number of rotatable bonds is 48. The molecule has 0 rings (SSSR count). The van der Waals surface area contributed by atoms with E-state index >= 15 is 0 Å². The maximum Gasteiger partial charge on any atom is 0.472 e. The summed E-state index contributed by atoms with van der Waals surface area (Å²) in [7, 11) is -4.29. The van der Waals surface area contributed by atoms with E-state index < -0.39 is 13.9 Å². The number of ether oxygens (including phenoxy) is 2. The summed E-state index contributed by atoms with van der Waals surface area (Å²) in [6, 6.07) is 0. The monoisotopic (exact) mass is 878 g/mol. The van der Waals surface area contributed by atoms with Gasteiger partial charge in [0.05, 0.1) is 19.8 Å². The normalized spacial score (nSPS) is 13.8. The van der Waals surface area contributed by atoms with Gasteiger partial charge in [-0.05, 0) is 83.5 Å². The van der Waals surface area contributed by atoms with Crippen molar-refractivity contribution in [2.24, 2.45) is 5.73 Å². The van der Waals surface area contributed by atoms with Crippen molar-refractivity contribution in [1.29, 1.82) is 0 Å². The summed E-state index contributed by atoms with van der Waals surface area (Å²) in [5, 5.41) is 0. The summed E-state index contributed by atoms with van der Waals surface area (Å²) in [4.78, 5) is 22.6. The van der Waals surface area contributed by atoms with E-state index in [0.29, 0.717) is 13.0 Å². The van der Waals surface area contributed by atoms with E-state index in [1.54, 1.807) is 0 Å². The molecule has 0 saturated carbocycles. The smallest absolute Gasteiger partial charge is 0.457 e. The minimum atomic E-state index is -4.29. The molecule has 61 heavy (non-hydrogen) atoms. The Morgan fingerprint density at radius 1 is 0.492 bits per heavy atom. The predicted octanol–water partition coefficient (Wildman–Crippen LogP) is 15.7. The third-order valence-corrected chi connectivity index (χ3v) is 11.6. The standard InChI is InChI=1S/C52H96NO7P/c1-3-5-7-9-11-13-15-17-19-21-23-24-25-26-27-29-31-33-35-37-39-41-43-45-52(54)60-51(50-59-61(55,56)58-48-46-53)49-57-47-44-42-40-38-36-34-32-30-28-22-20-18-16-14-12-10-8-6-4-2/h14-17,20-23,25-26,51H,3-13,18-19,24,27-50,53H2,1-2H3,(H,55,56)/b16-14-,17-15-,22-20-,23-21-,26-25-. The summed E-state index contributed by atoms with van der Waals surface area (Å²) in [6.07, 6.45) is 61.0. The van der Waals surface area contributed by atoms with E-state index in [1.807, 2.05) is 0 Å². The van der Waals surface area contributed by atoms with Crippen LogP contribution in [0, 0.1) is 0 Å². The van der Waals surface area contributed by atoms with Crippen molar-refractivity contribution in [3.63, 3.8) is 0 Å². The molecule has 0 aliphatic rings. The van der Waals surface area contributed by atoms with Crippen LogP contribution in [0.5, 0.6) is 0 Å². The Kier molecular flexibility index (Phi) is 47.8. The summed E-state index contributed by atoms with van der Waals surface area (Å²) in [6.45, 7) is 4.89. The van der Waals surface area contributed by atoms with E-state index in [4.69, 9.17) is 24.3 Å². The van der Waals surface area contributed by atoms with Gasteiger partial charge in [-0.3, -0.25) is 13.8 Å². The lowest BCUT2D eigenvalue weighted by Crippen LogP contribution is -2.28. The molecule has 0 heterocycles. The van der Waals surface area contributed by atoms with Crippen LogP contribution in [-0.2, 0) is 27.9 Å². The number of hydrogen-bond acceptors (Lipinski definition) is 7. The minimum absolute atomic E-state index is 0.0958. The van der Waals surface area contributed by atoms with E-state index in [1.165, 1.54) is 148 Å². The zero-order valence-electron chi connectivity index (χ0n) is 39.6. The van der Waals surface area contributed by atoms with Crippen LogP contribution in [0.1, 0.15) is 226 Å². The van der Waals surface area contributed by atoms with Crippen molar-refractivity contribution in [3.8, 4) is 0 Å². The van der Waals surface area contributed by atoms with Gasteiger partial charge in [-0.1, -0.05) is 197 Å². The third kappa shape index (κ3) is 49.1. The Bertz CT molecular complexity index is 1120. The number of nitrogens with two attached hydrogens (primary N) is 1. The molecule has 0 aliphatic carbocycles. The van der Waals surface area contributed by atoms with Crippen molar-refractivity contribution in [1.82, 2.24) is 0 Å². The summed E-state index contributed by atoms with van der Waals surface area (Å²) < 4.78 is 33.6. The van der Waals surface area contributed by atoms with Gasteiger partial charge in [0.25, 0.3) is 0 Å². The fourth-order valence-corrected chi connectivity index (χ4v) is 7.68. The summed E-state index contributed by atoms with van der Waals surface area (Å²) in [5.41, 5.74) is 5.39. The number of carbonyl (C=O) groups excluding carboxylic acids is 1. The Balaban J connectivity index is 3.99.